The Hall–Kier alpha value is -1.68. The monoisotopic (exact) mass is 328 g/mol. The maximum Gasteiger partial charge on any atom is 0.117 e. The van der Waals surface area contributed by atoms with Gasteiger partial charge in [0.2, 0.25) is 0 Å². The molecule has 1 aromatic heterocycles. The van der Waals surface area contributed by atoms with Crippen molar-refractivity contribution in [3.63, 3.8) is 0 Å². The number of nitrogens with one attached hydrogen (secondary N) is 1. The fraction of sp³-hybridized carbons (Fsp3) is 0.600. The molecule has 0 aliphatic rings. The largest absolute Gasteiger partial charge is 0.306 e. The fourth-order valence-corrected chi connectivity index (χ4v) is 3.24. The quantitative estimate of drug-likeness (QED) is 0.826. The summed E-state index contributed by atoms with van der Waals surface area (Å²) in [6.45, 7) is 16.3. The first-order chi connectivity index (χ1) is 11.1. The van der Waals surface area contributed by atoms with Crippen molar-refractivity contribution in [3.05, 3.63) is 36.0 Å². The van der Waals surface area contributed by atoms with Crippen molar-refractivity contribution in [2.24, 2.45) is 5.41 Å². The number of hydrogen-bond donors (Lipinski definition) is 1. The van der Waals surface area contributed by atoms with Crippen LogP contribution in [0.15, 0.2) is 30.3 Å². The van der Waals surface area contributed by atoms with E-state index in [1.54, 1.807) is 0 Å². The number of hydrogen-bond acceptors (Lipinski definition) is 3. The van der Waals surface area contributed by atoms with Gasteiger partial charge in [-0.15, -0.1) is 0 Å². The van der Waals surface area contributed by atoms with Crippen molar-refractivity contribution in [2.45, 2.75) is 73.0 Å². The van der Waals surface area contributed by atoms with Crippen LogP contribution in [0, 0.1) is 5.41 Å². The first-order valence-electron chi connectivity index (χ1n) is 8.84. The van der Waals surface area contributed by atoms with Crippen LogP contribution in [-0.4, -0.2) is 20.5 Å². The lowest BCUT2D eigenvalue weighted by Gasteiger charge is -2.33. The summed E-state index contributed by atoms with van der Waals surface area (Å²) >= 11 is 0. The molecule has 24 heavy (non-hydrogen) atoms. The van der Waals surface area contributed by atoms with Gasteiger partial charge in [0.15, 0.2) is 0 Å². The Kier molecular flexibility index (Phi) is 5.49. The Morgan fingerprint density at radius 2 is 1.62 bits per heavy atom. The topological polar surface area (TPSA) is 42.7 Å². The predicted molar refractivity (Wildman–Crippen MR) is 101 cm³/mol. The summed E-state index contributed by atoms with van der Waals surface area (Å²) < 4.78 is 0. The second-order valence-electron chi connectivity index (χ2n) is 8.75. The maximum absolute atomic E-state index is 4.73. The van der Waals surface area contributed by atoms with Gasteiger partial charge in [-0.1, -0.05) is 51.1 Å². The average Bonchev–Trinajstić information content (AvgIpc) is 2.88. The molecule has 0 saturated heterocycles. The third-order valence-corrected chi connectivity index (χ3v) is 3.91. The van der Waals surface area contributed by atoms with E-state index in [0.717, 1.165) is 29.9 Å². The van der Waals surface area contributed by atoms with Gasteiger partial charge in [-0.05, 0) is 39.5 Å². The second-order valence-corrected chi connectivity index (χ2v) is 8.75. The molecule has 2 aromatic rings. The van der Waals surface area contributed by atoms with Gasteiger partial charge < -0.3 is 5.32 Å². The van der Waals surface area contributed by atoms with E-state index in [-0.39, 0.29) is 17.0 Å². The molecule has 0 aliphatic heterocycles. The number of rotatable bonds is 6. The Morgan fingerprint density at radius 1 is 1.00 bits per heavy atom. The van der Waals surface area contributed by atoms with E-state index < -0.39 is 0 Å². The molecular formula is C20H32N4. The van der Waals surface area contributed by atoms with Gasteiger partial charge in [0, 0.05) is 17.6 Å². The molecule has 0 radical (unpaired) electrons. The molecule has 1 aromatic carbocycles. The number of aromatic nitrogens is 3. The molecular weight excluding hydrogens is 296 g/mol. The van der Waals surface area contributed by atoms with Crippen LogP contribution in [0.3, 0.4) is 0 Å². The van der Waals surface area contributed by atoms with Gasteiger partial charge in [0.25, 0.3) is 0 Å². The molecule has 2 rings (SSSR count). The summed E-state index contributed by atoms with van der Waals surface area (Å²) in [5.74, 6) is 0. The van der Waals surface area contributed by atoms with E-state index in [2.05, 4.69) is 65.9 Å². The summed E-state index contributed by atoms with van der Waals surface area (Å²) in [6.07, 6.45) is 1.10. The normalized spacial score (nSPS) is 12.8. The minimum Gasteiger partial charge on any atom is -0.306 e. The first kappa shape index (κ1) is 18.7. The minimum atomic E-state index is 0.0494. The van der Waals surface area contributed by atoms with Crippen LogP contribution in [-0.2, 0) is 6.54 Å². The van der Waals surface area contributed by atoms with Crippen molar-refractivity contribution in [3.8, 4) is 11.3 Å². The van der Waals surface area contributed by atoms with Gasteiger partial charge in [-0.25, -0.2) is 0 Å². The summed E-state index contributed by atoms with van der Waals surface area (Å²) in [4.78, 5) is 1.82. The van der Waals surface area contributed by atoms with Crippen LogP contribution in [0.5, 0.6) is 0 Å². The van der Waals surface area contributed by atoms with Crippen LogP contribution in [0.25, 0.3) is 11.3 Å². The van der Waals surface area contributed by atoms with E-state index in [1.165, 1.54) is 0 Å². The Morgan fingerprint density at radius 3 is 2.17 bits per heavy atom. The van der Waals surface area contributed by atoms with Crippen molar-refractivity contribution < 1.29 is 0 Å². The molecule has 0 amide bonds. The molecule has 132 valence electrons. The van der Waals surface area contributed by atoms with Crippen molar-refractivity contribution in [2.75, 3.05) is 0 Å². The summed E-state index contributed by atoms with van der Waals surface area (Å²) in [7, 11) is 0. The lowest BCUT2D eigenvalue weighted by Crippen LogP contribution is -2.42. The van der Waals surface area contributed by atoms with E-state index >= 15 is 0 Å². The molecule has 4 nitrogen and oxygen atoms in total. The predicted octanol–water partition coefficient (Wildman–Crippen LogP) is 4.83. The fourth-order valence-electron chi connectivity index (χ4n) is 3.24. The van der Waals surface area contributed by atoms with Crippen molar-refractivity contribution in [1.82, 2.24) is 20.3 Å². The number of benzene rings is 1. The zero-order chi connectivity index (χ0) is 18.0. The molecule has 1 N–H and O–H groups in total. The molecule has 0 aliphatic carbocycles. The van der Waals surface area contributed by atoms with Gasteiger partial charge in [0.1, 0.15) is 11.4 Å². The minimum absolute atomic E-state index is 0.0494. The van der Waals surface area contributed by atoms with Crippen LogP contribution in [0.2, 0.25) is 0 Å². The van der Waals surface area contributed by atoms with Gasteiger partial charge in [0.05, 0.1) is 6.04 Å². The molecule has 4 heteroatoms. The highest BCUT2D eigenvalue weighted by molar-refractivity contribution is 5.60. The molecule has 0 saturated carbocycles. The highest BCUT2D eigenvalue weighted by Gasteiger charge is 2.26. The molecule has 0 unspecified atom stereocenters. The third-order valence-electron chi connectivity index (χ3n) is 3.91. The SMILES string of the molecule is CC(C)n1nc(CNC(C)(C)CC(C)(C)C)c(-c2ccccc2)n1. The highest BCUT2D eigenvalue weighted by atomic mass is 15.5. The molecule has 0 fully saturated rings. The maximum atomic E-state index is 4.73. The standard InChI is InChI=1S/C20H32N4/c1-15(2)24-22-17(13-21-20(6,7)14-19(3,4)5)18(23-24)16-11-9-8-10-12-16/h8-12,15,21H,13-14H2,1-7H3. The molecule has 0 atom stereocenters. The van der Waals surface area contributed by atoms with Crippen molar-refractivity contribution in [1.29, 1.82) is 0 Å². The van der Waals surface area contributed by atoms with Gasteiger partial charge >= 0.3 is 0 Å². The Labute approximate surface area is 146 Å². The first-order valence-corrected chi connectivity index (χ1v) is 8.84. The zero-order valence-corrected chi connectivity index (χ0v) is 16.2. The molecule has 0 bridgehead atoms. The second kappa shape index (κ2) is 7.06. The van der Waals surface area contributed by atoms with Crippen LogP contribution >= 0.6 is 0 Å². The van der Waals surface area contributed by atoms with Gasteiger partial charge in [-0.2, -0.15) is 15.0 Å². The van der Waals surface area contributed by atoms with Gasteiger partial charge in [-0.3, -0.25) is 0 Å². The van der Waals surface area contributed by atoms with E-state index in [1.807, 2.05) is 23.0 Å². The Bertz CT molecular complexity index is 648. The lowest BCUT2D eigenvalue weighted by molar-refractivity contribution is 0.240. The highest BCUT2D eigenvalue weighted by Crippen LogP contribution is 2.28. The van der Waals surface area contributed by atoms with E-state index in [4.69, 9.17) is 10.2 Å². The third kappa shape index (κ3) is 5.17. The van der Waals surface area contributed by atoms with E-state index in [9.17, 15) is 0 Å². The van der Waals surface area contributed by atoms with Crippen molar-refractivity contribution >= 4 is 0 Å². The summed E-state index contributed by atoms with van der Waals surface area (Å²) in [5.41, 5.74) is 3.44. The van der Waals surface area contributed by atoms with Crippen LogP contribution < -0.4 is 5.32 Å². The summed E-state index contributed by atoms with van der Waals surface area (Å²) in [6, 6.07) is 10.6. The number of nitrogens with zero attached hydrogens (tertiary/aromatic N) is 3. The van der Waals surface area contributed by atoms with E-state index in [0.29, 0.717) is 0 Å². The van der Waals surface area contributed by atoms with Crippen LogP contribution in [0.1, 0.15) is 66.6 Å². The summed E-state index contributed by atoms with van der Waals surface area (Å²) in [5, 5.41) is 13.1. The smallest absolute Gasteiger partial charge is 0.117 e. The average molecular weight is 329 g/mol. The molecule has 0 spiro atoms. The zero-order valence-electron chi connectivity index (χ0n) is 16.2. The Balaban J connectivity index is 2.23. The van der Waals surface area contributed by atoms with Crippen LogP contribution in [0.4, 0.5) is 0 Å². The molecule has 1 heterocycles. The lowest BCUT2D eigenvalue weighted by atomic mass is 9.82.